The molecule has 0 aliphatic rings. The van der Waals surface area contributed by atoms with Crippen LogP contribution in [0.5, 0.6) is 0 Å². The fourth-order valence-electron chi connectivity index (χ4n) is 1.37. The van der Waals surface area contributed by atoms with Crippen LogP contribution in [0.3, 0.4) is 0 Å². The minimum atomic E-state index is -0.650. The summed E-state index contributed by atoms with van der Waals surface area (Å²) in [4.78, 5) is 24.4. The van der Waals surface area contributed by atoms with Gasteiger partial charge in [0.2, 0.25) is 0 Å². The number of amides is 1. The number of hydrogen-bond donors (Lipinski definition) is 0. The zero-order valence-corrected chi connectivity index (χ0v) is 12.2. The van der Waals surface area contributed by atoms with Crippen molar-refractivity contribution in [2.45, 2.75) is 45.6 Å². The highest BCUT2D eigenvalue weighted by molar-refractivity contribution is 5.80. The third-order valence-corrected chi connectivity index (χ3v) is 2.78. The number of unbranched alkanes of at least 4 members (excludes halogenated alkanes) is 3. The Bertz CT molecular complexity index is 291. The number of nitrogens with zero attached hydrogens (tertiary/aromatic N) is 1. The molecule has 0 radical (unpaired) electrons. The molecule has 0 N–H and O–H groups in total. The Morgan fingerprint density at radius 3 is 2.53 bits per heavy atom. The van der Waals surface area contributed by atoms with Crippen LogP contribution in [0.4, 0.5) is 4.79 Å². The van der Waals surface area contributed by atoms with Gasteiger partial charge in [-0.1, -0.05) is 38.8 Å². The van der Waals surface area contributed by atoms with Crippen molar-refractivity contribution in [3.8, 4) is 0 Å². The van der Waals surface area contributed by atoms with E-state index in [0.29, 0.717) is 6.61 Å². The summed E-state index contributed by atoms with van der Waals surface area (Å²) in [6, 6.07) is -0.650. The van der Waals surface area contributed by atoms with Crippen molar-refractivity contribution in [1.29, 1.82) is 0 Å². The van der Waals surface area contributed by atoms with Gasteiger partial charge in [-0.2, -0.15) is 0 Å². The lowest BCUT2D eigenvalue weighted by Crippen LogP contribution is -2.41. The van der Waals surface area contributed by atoms with Crippen molar-refractivity contribution < 1.29 is 19.1 Å². The molecule has 5 nitrogen and oxygen atoms in total. The summed E-state index contributed by atoms with van der Waals surface area (Å²) in [5, 5.41) is 0. The minimum Gasteiger partial charge on any atom is -0.464 e. The number of ether oxygens (including phenoxy) is 2. The van der Waals surface area contributed by atoms with E-state index in [9.17, 15) is 9.59 Å². The van der Waals surface area contributed by atoms with Crippen molar-refractivity contribution >= 4 is 12.1 Å². The van der Waals surface area contributed by atoms with Crippen LogP contribution < -0.4 is 0 Å². The standard InChI is InChI=1S/C14H25NO4/c1-5-7-8-9-11-18-13(16)12(3)15(4)14(17)19-10-6-2/h6,12H,2,5,7-11H2,1,3-4H3. The second kappa shape index (κ2) is 10.4. The average Bonchev–Trinajstić information content (AvgIpc) is 2.42. The SMILES string of the molecule is C=CCOC(=O)N(C)C(C)C(=O)OCCCCCC. The molecule has 0 aliphatic carbocycles. The third-order valence-electron chi connectivity index (χ3n) is 2.78. The number of esters is 1. The van der Waals surface area contributed by atoms with E-state index in [1.165, 1.54) is 18.0 Å². The molecule has 5 heteroatoms. The number of rotatable bonds is 9. The number of hydrogen-bond acceptors (Lipinski definition) is 4. The normalized spacial score (nSPS) is 11.5. The lowest BCUT2D eigenvalue weighted by atomic mass is 10.2. The molecule has 1 atom stereocenters. The summed E-state index contributed by atoms with van der Waals surface area (Å²) < 4.78 is 9.96. The minimum absolute atomic E-state index is 0.127. The topological polar surface area (TPSA) is 55.8 Å². The molecule has 0 saturated carbocycles. The van der Waals surface area contributed by atoms with Crippen LogP contribution in [0, 0.1) is 0 Å². The molecule has 110 valence electrons. The Balaban J connectivity index is 3.96. The summed E-state index contributed by atoms with van der Waals surface area (Å²) in [5.41, 5.74) is 0. The largest absolute Gasteiger partial charge is 0.464 e. The van der Waals surface area contributed by atoms with Crippen LogP contribution in [-0.2, 0) is 14.3 Å². The number of likely N-dealkylation sites (N-methyl/N-ethyl adjacent to an activating group) is 1. The molecular formula is C14H25NO4. The Morgan fingerprint density at radius 1 is 1.26 bits per heavy atom. The maximum absolute atomic E-state index is 11.7. The molecule has 0 spiro atoms. The van der Waals surface area contributed by atoms with E-state index in [1.807, 2.05) is 0 Å². The third kappa shape index (κ3) is 7.49. The molecule has 1 unspecified atom stereocenters. The van der Waals surface area contributed by atoms with Crippen LogP contribution in [0.2, 0.25) is 0 Å². The van der Waals surface area contributed by atoms with Gasteiger partial charge in [0, 0.05) is 7.05 Å². The van der Waals surface area contributed by atoms with Gasteiger partial charge >= 0.3 is 12.1 Å². The molecule has 1 amide bonds. The van der Waals surface area contributed by atoms with Crippen LogP contribution in [-0.4, -0.2) is 43.3 Å². The van der Waals surface area contributed by atoms with Gasteiger partial charge < -0.3 is 9.47 Å². The Morgan fingerprint density at radius 2 is 1.95 bits per heavy atom. The first kappa shape index (κ1) is 17.5. The van der Waals surface area contributed by atoms with Gasteiger partial charge in [0.25, 0.3) is 0 Å². The smallest absolute Gasteiger partial charge is 0.410 e. The maximum Gasteiger partial charge on any atom is 0.410 e. The molecular weight excluding hydrogens is 246 g/mol. The molecule has 0 heterocycles. The second-order valence-electron chi connectivity index (χ2n) is 4.38. The summed E-state index contributed by atoms with van der Waals surface area (Å²) >= 11 is 0. The molecule has 0 bridgehead atoms. The Hall–Kier alpha value is -1.52. The highest BCUT2D eigenvalue weighted by Gasteiger charge is 2.24. The van der Waals surface area contributed by atoms with Crippen molar-refractivity contribution in [1.82, 2.24) is 4.90 Å². The van der Waals surface area contributed by atoms with E-state index in [0.717, 1.165) is 25.7 Å². The highest BCUT2D eigenvalue weighted by Crippen LogP contribution is 2.04. The predicted molar refractivity (Wildman–Crippen MR) is 73.9 cm³/mol. The highest BCUT2D eigenvalue weighted by atomic mass is 16.6. The summed E-state index contributed by atoms with van der Waals surface area (Å²) in [5.74, 6) is -0.408. The lowest BCUT2D eigenvalue weighted by molar-refractivity contribution is -0.148. The van der Waals surface area contributed by atoms with E-state index in [1.54, 1.807) is 6.92 Å². The Kier molecular flexibility index (Phi) is 9.57. The molecule has 0 aromatic rings. The molecule has 0 saturated heterocycles. The van der Waals surface area contributed by atoms with E-state index < -0.39 is 18.1 Å². The molecule has 0 fully saturated rings. The van der Waals surface area contributed by atoms with Crippen LogP contribution in [0.25, 0.3) is 0 Å². The fourth-order valence-corrected chi connectivity index (χ4v) is 1.37. The van der Waals surface area contributed by atoms with E-state index in [2.05, 4.69) is 13.5 Å². The van der Waals surface area contributed by atoms with Crippen molar-refractivity contribution in [3.05, 3.63) is 12.7 Å². The van der Waals surface area contributed by atoms with Gasteiger partial charge in [0.1, 0.15) is 12.6 Å². The second-order valence-corrected chi connectivity index (χ2v) is 4.38. The molecule has 0 rings (SSSR count). The first-order valence-corrected chi connectivity index (χ1v) is 6.71. The van der Waals surface area contributed by atoms with Crippen molar-refractivity contribution in [2.75, 3.05) is 20.3 Å². The first-order chi connectivity index (χ1) is 9.04. The van der Waals surface area contributed by atoms with Gasteiger partial charge in [-0.25, -0.2) is 9.59 Å². The van der Waals surface area contributed by atoms with Crippen LogP contribution >= 0.6 is 0 Å². The van der Waals surface area contributed by atoms with Gasteiger partial charge in [-0.15, -0.1) is 0 Å². The predicted octanol–water partition coefficient (Wildman–Crippen LogP) is 2.75. The van der Waals surface area contributed by atoms with Crippen LogP contribution in [0.1, 0.15) is 39.5 Å². The van der Waals surface area contributed by atoms with Crippen molar-refractivity contribution in [2.24, 2.45) is 0 Å². The quantitative estimate of drug-likeness (QED) is 0.367. The van der Waals surface area contributed by atoms with Crippen molar-refractivity contribution in [3.63, 3.8) is 0 Å². The number of carbonyl (C=O) groups is 2. The molecule has 0 aliphatic heterocycles. The van der Waals surface area contributed by atoms with Crippen LogP contribution in [0.15, 0.2) is 12.7 Å². The average molecular weight is 271 g/mol. The Labute approximate surface area is 115 Å². The van der Waals surface area contributed by atoms with Gasteiger partial charge in [-0.3, -0.25) is 4.90 Å². The fraction of sp³-hybridized carbons (Fsp3) is 0.714. The zero-order chi connectivity index (χ0) is 14.7. The summed E-state index contributed by atoms with van der Waals surface area (Å²) in [7, 11) is 1.51. The summed E-state index contributed by atoms with van der Waals surface area (Å²) in [6.45, 7) is 7.72. The maximum atomic E-state index is 11.7. The zero-order valence-electron chi connectivity index (χ0n) is 12.2. The van der Waals surface area contributed by atoms with E-state index >= 15 is 0 Å². The lowest BCUT2D eigenvalue weighted by Gasteiger charge is -2.22. The van der Waals surface area contributed by atoms with E-state index in [-0.39, 0.29) is 6.61 Å². The molecule has 0 aromatic heterocycles. The van der Waals surface area contributed by atoms with Gasteiger partial charge in [-0.05, 0) is 13.3 Å². The van der Waals surface area contributed by atoms with Gasteiger partial charge in [0.15, 0.2) is 0 Å². The number of carbonyl (C=O) groups excluding carboxylic acids is 2. The molecule has 0 aromatic carbocycles. The van der Waals surface area contributed by atoms with Gasteiger partial charge in [0.05, 0.1) is 6.61 Å². The monoisotopic (exact) mass is 271 g/mol. The van der Waals surface area contributed by atoms with E-state index in [4.69, 9.17) is 9.47 Å². The first-order valence-electron chi connectivity index (χ1n) is 6.71. The molecule has 19 heavy (non-hydrogen) atoms. The summed E-state index contributed by atoms with van der Waals surface area (Å²) in [6.07, 6.45) is 5.10.